The van der Waals surface area contributed by atoms with Crippen LogP contribution < -0.4 is 0 Å². The molecule has 0 aliphatic carbocycles. The van der Waals surface area contributed by atoms with Crippen LogP contribution in [0.15, 0.2) is 42.6 Å². The predicted molar refractivity (Wildman–Crippen MR) is 80.3 cm³/mol. The van der Waals surface area contributed by atoms with Gasteiger partial charge in [-0.25, -0.2) is 14.8 Å². The first-order valence-corrected chi connectivity index (χ1v) is 6.74. The second-order valence-corrected chi connectivity index (χ2v) is 5.13. The minimum atomic E-state index is -0.930. The zero-order chi connectivity index (χ0) is 15.0. The summed E-state index contributed by atoms with van der Waals surface area (Å²) in [4.78, 5) is 20.0. The lowest BCUT2D eigenvalue weighted by Crippen LogP contribution is -2.04. The van der Waals surface area contributed by atoms with E-state index in [1.165, 1.54) is 0 Å². The molecule has 1 N–H and O–H groups in total. The van der Waals surface area contributed by atoms with Crippen LogP contribution in [0.1, 0.15) is 30.2 Å². The highest BCUT2D eigenvalue weighted by molar-refractivity contribution is 5.88. The standard InChI is InChI=1S/C16H15N3O2/c1-10(2)19-14(18-13-4-3-9-17-15(13)19)11-5-7-12(8-6-11)16(20)21/h3-10H,1-2H3,(H,20,21). The number of carboxylic acid groups (broad SMARTS) is 1. The number of fused-ring (bicyclic) bond motifs is 1. The molecule has 0 saturated heterocycles. The van der Waals surface area contributed by atoms with E-state index in [0.29, 0.717) is 0 Å². The molecular weight excluding hydrogens is 266 g/mol. The van der Waals surface area contributed by atoms with Crippen molar-refractivity contribution in [2.75, 3.05) is 0 Å². The summed E-state index contributed by atoms with van der Waals surface area (Å²) in [6.07, 6.45) is 1.75. The number of imidazole rings is 1. The Morgan fingerprint density at radius 3 is 2.52 bits per heavy atom. The van der Waals surface area contributed by atoms with Crippen molar-refractivity contribution < 1.29 is 9.90 Å². The molecule has 5 nitrogen and oxygen atoms in total. The van der Waals surface area contributed by atoms with Gasteiger partial charge in [0.25, 0.3) is 0 Å². The number of hydrogen-bond donors (Lipinski definition) is 1. The smallest absolute Gasteiger partial charge is 0.335 e. The van der Waals surface area contributed by atoms with Gasteiger partial charge in [-0.3, -0.25) is 0 Å². The zero-order valence-electron chi connectivity index (χ0n) is 11.8. The van der Waals surface area contributed by atoms with Crippen LogP contribution in [0.3, 0.4) is 0 Å². The van der Waals surface area contributed by atoms with Gasteiger partial charge in [-0.15, -0.1) is 0 Å². The van der Waals surface area contributed by atoms with Crippen LogP contribution in [-0.4, -0.2) is 25.6 Å². The van der Waals surface area contributed by atoms with E-state index in [1.54, 1.807) is 30.5 Å². The van der Waals surface area contributed by atoms with Crippen LogP contribution in [0.25, 0.3) is 22.6 Å². The fourth-order valence-electron chi connectivity index (χ4n) is 2.38. The van der Waals surface area contributed by atoms with Crippen molar-refractivity contribution in [1.82, 2.24) is 14.5 Å². The fourth-order valence-corrected chi connectivity index (χ4v) is 2.38. The van der Waals surface area contributed by atoms with Crippen molar-refractivity contribution in [3.63, 3.8) is 0 Å². The number of nitrogens with zero attached hydrogens (tertiary/aromatic N) is 3. The van der Waals surface area contributed by atoms with Gasteiger partial charge < -0.3 is 9.67 Å². The second-order valence-electron chi connectivity index (χ2n) is 5.13. The molecule has 0 fully saturated rings. The van der Waals surface area contributed by atoms with E-state index in [9.17, 15) is 4.79 Å². The molecule has 3 aromatic rings. The van der Waals surface area contributed by atoms with E-state index in [1.807, 2.05) is 12.1 Å². The number of pyridine rings is 1. The highest BCUT2D eigenvalue weighted by Crippen LogP contribution is 2.27. The third-order valence-electron chi connectivity index (χ3n) is 3.36. The molecule has 106 valence electrons. The molecule has 2 aromatic heterocycles. The highest BCUT2D eigenvalue weighted by atomic mass is 16.4. The van der Waals surface area contributed by atoms with Crippen molar-refractivity contribution >= 4 is 17.1 Å². The van der Waals surface area contributed by atoms with Crippen LogP contribution in [0, 0.1) is 0 Å². The van der Waals surface area contributed by atoms with Crippen LogP contribution >= 0.6 is 0 Å². The molecule has 21 heavy (non-hydrogen) atoms. The topological polar surface area (TPSA) is 68.0 Å². The van der Waals surface area contributed by atoms with E-state index in [-0.39, 0.29) is 11.6 Å². The zero-order valence-corrected chi connectivity index (χ0v) is 11.8. The average Bonchev–Trinajstić information content (AvgIpc) is 2.86. The largest absolute Gasteiger partial charge is 0.478 e. The lowest BCUT2D eigenvalue weighted by molar-refractivity contribution is 0.0697. The molecule has 1 aromatic carbocycles. The van der Waals surface area contributed by atoms with Gasteiger partial charge in [0.05, 0.1) is 5.56 Å². The molecule has 0 aliphatic heterocycles. The minimum absolute atomic E-state index is 0.207. The van der Waals surface area contributed by atoms with Gasteiger partial charge in [0.1, 0.15) is 11.3 Å². The van der Waals surface area contributed by atoms with Gasteiger partial charge in [-0.2, -0.15) is 0 Å². The van der Waals surface area contributed by atoms with Crippen molar-refractivity contribution in [2.24, 2.45) is 0 Å². The highest BCUT2D eigenvalue weighted by Gasteiger charge is 2.15. The lowest BCUT2D eigenvalue weighted by Gasteiger charge is -2.12. The molecule has 0 saturated carbocycles. The molecular formula is C16H15N3O2. The van der Waals surface area contributed by atoms with E-state index >= 15 is 0 Å². The third kappa shape index (κ3) is 2.27. The monoisotopic (exact) mass is 281 g/mol. The number of aromatic nitrogens is 3. The molecule has 2 heterocycles. The molecule has 0 amide bonds. The molecule has 0 aliphatic rings. The molecule has 0 atom stereocenters. The minimum Gasteiger partial charge on any atom is -0.478 e. The van der Waals surface area contributed by atoms with Gasteiger partial charge in [0, 0.05) is 17.8 Å². The maximum Gasteiger partial charge on any atom is 0.335 e. The summed E-state index contributed by atoms with van der Waals surface area (Å²) in [6, 6.07) is 10.7. The first kappa shape index (κ1) is 13.3. The Morgan fingerprint density at radius 1 is 1.19 bits per heavy atom. The second kappa shape index (κ2) is 5.01. The lowest BCUT2D eigenvalue weighted by atomic mass is 10.1. The molecule has 0 spiro atoms. The van der Waals surface area contributed by atoms with Gasteiger partial charge in [0.15, 0.2) is 5.65 Å². The van der Waals surface area contributed by atoms with Gasteiger partial charge in [0.2, 0.25) is 0 Å². The van der Waals surface area contributed by atoms with Crippen molar-refractivity contribution in [3.05, 3.63) is 48.2 Å². The summed E-state index contributed by atoms with van der Waals surface area (Å²) in [6.45, 7) is 4.15. The Kier molecular flexibility index (Phi) is 3.17. The summed E-state index contributed by atoms with van der Waals surface area (Å²) < 4.78 is 2.06. The van der Waals surface area contributed by atoms with E-state index in [0.717, 1.165) is 22.6 Å². The average molecular weight is 281 g/mol. The fraction of sp³-hybridized carbons (Fsp3) is 0.188. The molecule has 0 bridgehead atoms. The Bertz CT molecular complexity index is 804. The van der Waals surface area contributed by atoms with Gasteiger partial charge >= 0.3 is 5.97 Å². The molecule has 5 heteroatoms. The first-order chi connectivity index (χ1) is 10.1. The van der Waals surface area contributed by atoms with Crippen LogP contribution in [0.5, 0.6) is 0 Å². The summed E-state index contributed by atoms with van der Waals surface area (Å²) in [5.74, 6) is -0.129. The number of carbonyl (C=O) groups is 1. The van der Waals surface area contributed by atoms with Gasteiger partial charge in [-0.05, 0) is 38.1 Å². The van der Waals surface area contributed by atoms with E-state index < -0.39 is 5.97 Å². The quantitative estimate of drug-likeness (QED) is 0.799. The Balaban J connectivity index is 2.19. The molecule has 0 unspecified atom stereocenters. The van der Waals surface area contributed by atoms with Crippen LogP contribution in [-0.2, 0) is 0 Å². The van der Waals surface area contributed by atoms with E-state index in [2.05, 4.69) is 28.4 Å². The predicted octanol–water partition coefficient (Wildman–Crippen LogP) is 3.38. The van der Waals surface area contributed by atoms with Crippen molar-refractivity contribution in [3.8, 4) is 11.4 Å². The molecule has 3 rings (SSSR count). The maximum absolute atomic E-state index is 10.9. The van der Waals surface area contributed by atoms with Crippen LogP contribution in [0.4, 0.5) is 0 Å². The number of rotatable bonds is 3. The van der Waals surface area contributed by atoms with Crippen LogP contribution in [0.2, 0.25) is 0 Å². The summed E-state index contributed by atoms with van der Waals surface area (Å²) in [5.41, 5.74) is 2.82. The first-order valence-electron chi connectivity index (χ1n) is 6.74. The summed E-state index contributed by atoms with van der Waals surface area (Å²) in [5, 5.41) is 8.97. The number of benzene rings is 1. The Labute approximate surface area is 121 Å². The Hall–Kier alpha value is -2.69. The number of aromatic carboxylic acids is 1. The summed E-state index contributed by atoms with van der Waals surface area (Å²) >= 11 is 0. The maximum atomic E-state index is 10.9. The van der Waals surface area contributed by atoms with Gasteiger partial charge in [-0.1, -0.05) is 12.1 Å². The van der Waals surface area contributed by atoms with Crippen molar-refractivity contribution in [2.45, 2.75) is 19.9 Å². The summed E-state index contributed by atoms with van der Waals surface area (Å²) in [7, 11) is 0. The number of carboxylic acids is 1. The van der Waals surface area contributed by atoms with E-state index in [4.69, 9.17) is 5.11 Å². The number of hydrogen-bond acceptors (Lipinski definition) is 3. The SMILES string of the molecule is CC(C)n1c(-c2ccc(C(=O)O)cc2)nc2cccnc21. The molecule has 0 radical (unpaired) electrons. The normalized spacial score (nSPS) is 11.2. The Morgan fingerprint density at radius 2 is 1.90 bits per heavy atom. The van der Waals surface area contributed by atoms with Crippen molar-refractivity contribution in [1.29, 1.82) is 0 Å². The third-order valence-corrected chi connectivity index (χ3v) is 3.36.